The maximum absolute atomic E-state index is 11.3. The molecule has 0 spiro atoms. The van der Waals surface area contributed by atoms with Crippen molar-refractivity contribution < 1.29 is 9.53 Å². The number of primary amides is 1. The molecule has 1 aromatic carbocycles. The van der Waals surface area contributed by atoms with Crippen LogP contribution in [-0.4, -0.2) is 17.3 Å². The van der Waals surface area contributed by atoms with Crippen LogP contribution >= 0.6 is 21.6 Å². The molecule has 2 rings (SSSR count). The van der Waals surface area contributed by atoms with Crippen LogP contribution in [0.5, 0.6) is 5.75 Å². The second kappa shape index (κ2) is 5.32. The lowest BCUT2D eigenvalue weighted by atomic mass is 10.2. The molecule has 0 fully saturated rings. The average Bonchev–Trinajstić information content (AvgIpc) is 2.80. The van der Waals surface area contributed by atoms with Crippen LogP contribution in [0.15, 0.2) is 41.8 Å². The Kier molecular flexibility index (Phi) is 3.79. The number of amides is 1. The Morgan fingerprint density at radius 3 is 2.69 bits per heavy atom. The summed E-state index contributed by atoms with van der Waals surface area (Å²) >= 11 is 0. The molecule has 1 aliphatic heterocycles. The molecule has 0 saturated heterocycles. The molecule has 0 bridgehead atoms. The maximum atomic E-state index is 11.3. The van der Waals surface area contributed by atoms with Crippen LogP contribution in [0.2, 0.25) is 0 Å². The molecule has 0 saturated carbocycles. The molecule has 3 nitrogen and oxygen atoms in total. The van der Waals surface area contributed by atoms with Crippen LogP contribution in [0.1, 0.15) is 0 Å². The van der Waals surface area contributed by atoms with E-state index < -0.39 is 12.0 Å². The van der Waals surface area contributed by atoms with Gasteiger partial charge in [-0.1, -0.05) is 45.9 Å². The lowest BCUT2D eigenvalue weighted by Crippen LogP contribution is -2.40. The summed E-state index contributed by atoms with van der Waals surface area (Å²) in [6.07, 6.45) is 1.33. The van der Waals surface area contributed by atoms with Gasteiger partial charge in [0.25, 0.3) is 5.91 Å². The van der Waals surface area contributed by atoms with Gasteiger partial charge in [-0.2, -0.15) is 0 Å². The van der Waals surface area contributed by atoms with Crippen molar-refractivity contribution in [1.29, 1.82) is 0 Å². The van der Waals surface area contributed by atoms with Crippen LogP contribution < -0.4 is 10.5 Å². The van der Waals surface area contributed by atoms with Gasteiger partial charge < -0.3 is 10.5 Å². The van der Waals surface area contributed by atoms with E-state index in [1.807, 2.05) is 41.8 Å². The van der Waals surface area contributed by atoms with E-state index in [4.69, 9.17) is 10.5 Å². The summed E-state index contributed by atoms with van der Waals surface area (Å²) < 4.78 is 5.60. The average molecular weight is 253 g/mol. The molecule has 1 aromatic rings. The first-order valence-corrected chi connectivity index (χ1v) is 7.05. The first kappa shape index (κ1) is 11.4. The molecule has 5 heteroatoms. The Hall–Kier alpha value is -1.07. The summed E-state index contributed by atoms with van der Waals surface area (Å²) in [5.74, 6) is 0.228. The molecular weight excluding hydrogens is 242 g/mol. The molecule has 16 heavy (non-hydrogen) atoms. The van der Waals surface area contributed by atoms with Gasteiger partial charge >= 0.3 is 0 Å². The molecule has 0 radical (unpaired) electrons. The predicted octanol–water partition coefficient (Wildman–Crippen LogP) is 2.20. The Balaban J connectivity index is 2.09. The Morgan fingerprint density at radius 2 is 2.12 bits per heavy atom. The fraction of sp³-hybridized carbons (Fsp3) is 0.182. The fourth-order valence-electron chi connectivity index (χ4n) is 1.32. The molecule has 0 aliphatic carbocycles. The molecule has 2 atom stereocenters. The molecule has 2 N–H and O–H groups in total. The molecule has 1 amide bonds. The van der Waals surface area contributed by atoms with Crippen LogP contribution in [0, 0.1) is 0 Å². The molecule has 2 unspecified atom stereocenters. The largest absolute Gasteiger partial charge is 0.479 e. The number of nitrogens with two attached hydrogens (primary N) is 1. The van der Waals surface area contributed by atoms with Gasteiger partial charge in [0, 0.05) is 0 Å². The quantitative estimate of drug-likeness (QED) is 0.836. The Bertz CT molecular complexity index is 394. The number of ether oxygens (including phenoxy) is 1. The summed E-state index contributed by atoms with van der Waals surface area (Å²) in [7, 11) is 3.16. The van der Waals surface area contributed by atoms with Crippen LogP contribution in [-0.2, 0) is 4.79 Å². The van der Waals surface area contributed by atoms with E-state index in [9.17, 15) is 4.79 Å². The van der Waals surface area contributed by atoms with Crippen LogP contribution in [0.4, 0.5) is 0 Å². The minimum Gasteiger partial charge on any atom is -0.479 e. The van der Waals surface area contributed by atoms with Gasteiger partial charge in [-0.25, -0.2) is 0 Å². The lowest BCUT2D eigenvalue weighted by molar-refractivity contribution is -0.124. The number of hydrogen-bond acceptors (Lipinski definition) is 4. The second-order valence-corrected chi connectivity index (χ2v) is 5.60. The van der Waals surface area contributed by atoms with Gasteiger partial charge in [0.15, 0.2) is 6.10 Å². The fourth-order valence-corrected chi connectivity index (χ4v) is 3.55. The zero-order chi connectivity index (χ0) is 11.4. The van der Waals surface area contributed by atoms with Crippen LogP contribution in [0.25, 0.3) is 0 Å². The van der Waals surface area contributed by atoms with Crippen molar-refractivity contribution in [3.63, 3.8) is 0 Å². The van der Waals surface area contributed by atoms with Crippen molar-refractivity contribution in [1.82, 2.24) is 0 Å². The van der Waals surface area contributed by atoms with Crippen molar-refractivity contribution in [2.75, 3.05) is 0 Å². The van der Waals surface area contributed by atoms with Crippen molar-refractivity contribution in [2.24, 2.45) is 5.73 Å². The van der Waals surface area contributed by atoms with Gasteiger partial charge in [-0.05, 0) is 17.5 Å². The van der Waals surface area contributed by atoms with E-state index in [0.717, 1.165) is 0 Å². The summed E-state index contributed by atoms with van der Waals surface area (Å²) in [6, 6.07) is 9.24. The second-order valence-electron chi connectivity index (χ2n) is 3.24. The highest BCUT2D eigenvalue weighted by Gasteiger charge is 2.29. The van der Waals surface area contributed by atoms with Gasteiger partial charge in [0.2, 0.25) is 0 Å². The molecule has 0 aromatic heterocycles. The number of hydrogen-bond donors (Lipinski definition) is 1. The minimum absolute atomic E-state index is 0.0114. The van der Waals surface area contributed by atoms with Crippen molar-refractivity contribution in [3.8, 4) is 5.75 Å². The number of rotatable bonds is 4. The monoisotopic (exact) mass is 253 g/mol. The number of benzene rings is 1. The highest BCUT2D eigenvalue weighted by atomic mass is 33.1. The van der Waals surface area contributed by atoms with Gasteiger partial charge in [0.05, 0.1) is 5.25 Å². The third-order valence-corrected chi connectivity index (χ3v) is 4.41. The summed E-state index contributed by atoms with van der Waals surface area (Å²) in [6.45, 7) is 0. The summed E-state index contributed by atoms with van der Waals surface area (Å²) in [4.78, 5) is 11.3. The maximum Gasteiger partial charge on any atom is 0.260 e. The zero-order valence-electron chi connectivity index (χ0n) is 8.41. The molecule has 1 heterocycles. The van der Waals surface area contributed by atoms with E-state index in [2.05, 4.69) is 0 Å². The number of para-hydroxylation sites is 1. The van der Waals surface area contributed by atoms with Crippen molar-refractivity contribution >= 4 is 27.5 Å². The normalized spacial score (nSPS) is 20.6. The highest BCUT2D eigenvalue weighted by Crippen LogP contribution is 2.38. The van der Waals surface area contributed by atoms with E-state index in [1.54, 1.807) is 21.6 Å². The minimum atomic E-state index is -0.612. The zero-order valence-corrected chi connectivity index (χ0v) is 10.0. The Labute approximate surface area is 102 Å². The van der Waals surface area contributed by atoms with Crippen LogP contribution in [0.3, 0.4) is 0 Å². The van der Waals surface area contributed by atoms with E-state index >= 15 is 0 Å². The van der Waals surface area contributed by atoms with E-state index in [1.165, 1.54) is 0 Å². The molecular formula is C11H11NO2S2. The third kappa shape index (κ3) is 2.74. The summed E-state index contributed by atoms with van der Waals surface area (Å²) in [5.41, 5.74) is 5.34. The Morgan fingerprint density at radius 1 is 1.38 bits per heavy atom. The van der Waals surface area contributed by atoms with Gasteiger partial charge in [-0.15, -0.1) is 0 Å². The topological polar surface area (TPSA) is 52.3 Å². The highest BCUT2D eigenvalue weighted by molar-refractivity contribution is 8.78. The number of carbonyl (C=O) groups is 1. The van der Waals surface area contributed by atoms with E-state index in [0.29, 0.717) is 5.75 Å². The first-order chi connectivity index (χ1) is 7.77. The van der Waals surface area contributed by atoms with Gasteiger partial charge in [0.1, 0.15) is 5.75 Å². The predicted molar refractivity (Wildman–Crippen MR) is 68.2 cm³/mol. The van der Waals surface area contributed by atoms with Crippen molar-refractivity contribution in [2.45, 2.75) is 11.4 Å². The smallest absolute Gasteiger partial charge is 0.260 e. The first-order valence-electron chi connectivity index (χ1n) is 4.77. The standard InChI is InChI=1S/C11H11NO2S2/c12-11(13)10(9-6-7-15-16-9)14-8-4-2-1-3-5-8/h1-7,9-10H,(H2,12,13). The SMILES string of the molecule is NC(=O)C(Oc1ccccc1)C1C=CSS1. The molecule has 1 aliphatic rings. The van der Waals surface area contributed by atoms with Gasteiger partial charge in [-0.3, -0.25) is 4.79 Å². The summed E-state index contributed by atoms with van der Waals surface area (Å²) in [5, 5.41) is 1.93. The lowest BCUT2D eigenvalue weighted by Gasteiger charge is -2.19. The number of carbonyl (C=O) groups excluding carboxylic acids is 1. The third-order valence-electron chi connectivity index (χ3n) is 2.08. The van der Waals surface area contributed by atoms with Crippen molar-refractivity contribution in [3.05, 3.63) is 41.8 Å². The van der Waals surface area contributed by atoms with E-state index in [-0.39, 0.29) is 5.25 Å². The molecule has 84 valence electrons.